The zero-order valence-electron chi connectivity index (χ0n) is 15.0. The molecule has 22 heavy (non-hydrogen) atoms. The third kappa shape index (κ3) is 4.87. The first-order valence-electron chi connectivity index (χ1n) is 8.97. The van der Waals surface area contributed by atoms with Crippen molar-refractivity contribution in [3.63, 3.8) is 0 Å². The van der Waals surface area contributed by atoms with Crippen LogP contribution in [-0.4, -0.2) is 42.3 Å². The Balaban J connectivity index is 1.73. The van der Waals surface area contributed by atoms with Crippen LogP contribution < -0.4 is 5.32 Å². The van der Waals surface area contributed by atoms with Crippen LogP contribution in [-0.2, 0) is 4.74 Å². The van der Waals surface area contributed by atoms with Crippen molar-refractivity contribution in [1.82, 2.24) is 10.2 Å². The van der Waals surface area contributed by atoms with Gasteiger partial charge in [0.25, 0.3) is 0 Å². The molecule has 1 aliphatic heterocycles. The standard InChI is InChI=1S/C18H34N2O2/c1-13-7-6-8-16(14(13)2)19-11-15-9-10-20(12-15)17(21)22-18(3,4)5/h13-16,19H,6-12H2,1-5H3. The van der Waals surface area contributed by atoms with E-state index in [1.807, 2.05) is 25.7 Å². The Bertz CT molecular complexity index is 378. The first kappa shape index (κ1) is 17.6. The predicted molar refractivity (Wildman–Crippen MR) is 89.9 cm³/mol. The molecule has 1 N–H and O–H groups in total. The zero-order chi connectivity index (χ0) is 16.3. The van der Waals surface area contributed by atoms with E-state index in [1.165, 1.54) is 19.3 Å². The lowest BCUT2D eigenvalue weighted by atomic mass is 9.78. The van der Waals surface area contributed by atoms with E-state index in [9.17, 15) is 4.79 Å². The number of nitrogens with zero attached hydrogens (tertiary/aromatic N) is 1. The number of amides is 1. The topological polar surface area (TPSA) is 41.6 Å². The number of likely N-dealkylation sites (tertiary alicyclic amines) is 1. The van der Waals surface area contributed by atoms with Crippen molar-refractivity contribution in [2.75, 3.05) is 19.6 Å². The molecule has 0 spiro atoms. The van der Waals surface area contributed by atoms with E-state index >= 15 is 0 Å². The Morgan fingerprint density at radius 2 is 1.95 bits per heavy atom. The van der Waals surface area contributed by atoms with Crippen LogP contribution in [0.1, 0.15) is 60.3 Å². The van der Waals surface area contributed by atoms with Crippen molar-refractivity contribution >= 4 is 6.09 Å². The number of hydrogen-bond donors (Lipinski definition) is 1. The van der Waals surface area contributed by atoms with Crippen LogP contribution >= 0.6 is 0 Å². The van der Waals surface area contributed by atoms with E-state index in [1.54, 1.807) is 0 Å². The smallest absolute Gasteiger partial charge is 0.410 e. The summed E-state index contributed by atoms with van der Waals surface area (Å²) < 4.78 is 5.46. The van der Waals surface area contributed by atoms with Gasteiger partial charge in [0.05, 0.1) is 0 Å². The Labute approximate surface area is 136 Å². The SMILES string of the molecule is CC1CCCC(NCC2CCN(C(=O)OC(C)(C)C)C2)C1C. The molecule has 4 nitrogen and oxygen atoms in total. The van der Waals surface area contributed by atoms with Gasteiger partial charge in [-0.1, -0.05) is 26.7 Å². The van der Waals surface area contributed by atoms with Gasteiger partial charge >= 0.3 is 6.09 Å². The number of carbonyl (C=O) groups is 1. The molecule has 1 saturated heterocycles. The first-order chi connectivity index (χ1) is 10.3. The van der Waals surface area contributed by atoms with Gasteiger partial charge in [0.15, 0.2) is 0 Å². The monoisotopic (exact) mass is 310 g/mol. The van der Waals surface area contributed by atoms with E-state index in [0.717, 1.165) is 37.9 Å². The van der Waals surface area contributed by atoms with Crippen molar-refractivity contribution in [2.24, 2.45) is 17.8 Å². The van der Waals surface area contributed by atoms with Gasteiger partial charge in [-0.15, -0.1) is 0 Å². The van der Waals surface area contributed by atoms with E-state index in [4.69, 9.17) is 4.74 Å². The summed E-state index contributed by atoms with van der Waals surface area (Å²) in [6.45, 7) is 13.2. The summed E-state index contributed by atoms with van der Waals surface area (Å²) in [5.41, 5.74) is -0.402. The summed E-state index contributed by atoms with van der Waals surface area (Å²) in [5, 5.41) is 3.77. The first-order valence-corrected chi connectivity index (χ1v) is 8.97. The fourth-order valence-corrected chi connectivity index (χ4v) is 3.68. The van der Waals surface area contributed by atoms with Crippen LogP contribution in [0.25, 0.3) is 0 Å². The Morgan fingerprint density at radius 1 is 1.23 bits per heavy atom. The number of carbonyl (C=O) groups excluding carboxylic acids is 1. The Morgan fingerprint density at radius 3 is 2.64 bits per heavy atom. The summed E-state index contributed by atoms with van der Waals surface area (Å²) >= 11 is 0. The van der Waals surface area contributed by atoms with Gasteiger partial charge in [0.2, 0.25) is 0 Å². The van der Waals surface area contributed by atoms with E-state index in [2.05, 4.69) is 19.2 Å². The van der Waals surface area contributed by atoms with Gasteiger partial charge in [-0.25, -0.2) is 4.79 Å². The fraction of sp³-hybridized carbons (Fsp3) is 0.944. The number of hydrogen-bond acceptors (Lipinski definition) is 3. The highest BCUT2D eigenvalue weighted by Gasteiger charge is 2.31. The second kappa shape index (κ2) is 7.20. The number of nitrogens with one attached hydrogen (secondary N) is 1. The van der Waals surface area contributed by atoms with E-state index < -0.39 is 5.60 Å². The molecule has 4 unspecified atom stereocenters. The lowest BCUT2D eigenvalue weighted by molar-refractivity contribution is 0.0288. The molecule has 2 rings (SSSR count). The lowest BCUT2D eigenvalue weighted by Crippen LogP contribution is -2.43. The zero-order valence-corrected chi connectivity index (χ0v) is 15.0. The molecule has 1 heterocycles. The van der Waals surface area contributed by atoms with Crippen molar-refractivity contribution in [2.45, 2.75) is 71.9 Å². The van der Waals surface area contributed by atoms with Gasteiger partial charge in [-0.2, -0.15) is 0 Å². The fourth-order valence-electron chi connectivity index (χ4n) is 3.68. The molecule has 4 atom stereocenters. The molecule has 0 bridgehead atoms. The maximum absolute atomic E-state index is 12.1. The van der Waals surface area contributed by atoms with Gasteiger partial charge in [0.1, 0.15) is 5.60 Å². The quantitative estimate of drug-likeness (QED) is 0.865. The highest BCUT2D eigenvalue weighted by Crippen LogP contribution is 2.30. The molecule has 0 aromatic rings. The average molecular weight is 310 g/mol. The van der Waals surface area contributed by atoms with Crippen LogP contribution in [0.3, 0.4) is 0 Å². The second-order valence-corrected chi connectivity index (χ2v) is 8.36. The van der Waals surface area contributed by atoms with Crippen LogP contribution in [0.2, 0.25) is 0 Å². The highest BCUT2D eigenvalue weighted by molar-refractivity contribution is 5.68. The van der Waals surface area contributed by atoms with Crippen LogP contribution in [0.5, 0.6) is 0 Å². The molecule has 0 aromatic carbocycles. The Hall–Kier alpha value is -0.770. The maximum Gasteiger partial charge on any atom is 0.410 e. The minimum absolute atomic E-state index is 0.158. The molecule has 4 heteroatoms. The maximum atomic E-state index is 12.1. The molecule has 2 aliphatic rings. The third-order valence-corrected chi connectivity index (χ3v) is 5.31. The molecular formula is C18H34N2O2. The molecule has 1 saturated carbocycles. The minimum Gasteiger partial charge on any atom is -0.444 e. The van der Waals surface area contributed by atoms with Crippen LogP contribution in [0.4, 0.5) is 4.79 Å². The van der Waals surface area contributed by atoms with Crippen molar-refractivity contribution in [3.8, 4) is 0 Å². The Kier molecular flexibility index (Phi) is 5.76. The summed E-state index contributed by atoms with van der Waals surface area (Å²) in [5.74, 6) is 2.15. The van der Waals surface area contributed by atoms with Crippen LogP contribution in [0.15, 0.2) is 0 Å². The highest BCUT2D eigenvalue weighted by atomic mass is 16.6. The van der Waals surface area contributed by atoms with E-state index in [-0.39, 0.29) is 6.09 Å². The summed E-state index contributed by atoms with van der Waals surface area (Å²) in [4.78, 5) is 14.0. The average Bonchev–Trinajstić information content (AvgIpc) is 2.87. The molecule has 0 radical (unpaired) electrons. The molecule has 1 aliphatic carbocycles. The largest absolute Gasteiger partial charge is 0.444 e. The normalized spacial score (nSPS) is 33.0. The second-order valence-electron chi connectivity index (χ2n) is 8.36. The molecule has 128 valence electrons. The van der Waals surface area contributed by atoms with Gasteiger partial charge in [-0.3, -0.25) is 0 Å². The molecule has 2 fully saturated rings. The van der Waals surface area contributed by atoms with Crippen molar-refractivity contribution < 1.29 is 9.53 Å². The van der Waals surface area contributed by atoms with E-state index in [0.29, 0.717) is 12.0 Å². The number of rotatable bonds is 3. The molecule has 0 aromatic heterocycles. The van der Waals surface area contributed by atoms with Gasteiger partial charge < -0.3 is 15.0 Å². The lowest BCUT2D eigenvalue weighted by Gasteiger charge is -2.35. The minimum atomic E-state index is -0.402. The molecule has 1 amide bonds. The van der Waals surface area contributed by atoms with Gasteiger partial charge in [-0.05, 0) is 57.9 Å². The summed E-state index contributed by atoms with van der Waals surface area (Å²) in [6.07, 6.45) is 4.94. The van der Waals surface area contributed by atoms with Crippen molar-refractivity contribution in [3.05, 3.63) is 0 Å². The van der Waals surface area contributed by atoms with Crippen LogP contribution in [0, 0.1) is 17.8 Å². The van der Waals surface area contributed by atoms with Gasteiger partial charge in [0, 0.05) is 19.1 Å². The molecular weight excluding hydrogens is 276 g/mol. The summed E-state index contributed by atoms with van der Waals surface area (Å²) in [7, 11) is 0. The van der Waals surface area contributed by atoms with Crippen molar-refractivity contribution in [1.29, 1.82) is 0 Å². The third-order valence-electron chi connectivity index (χ3n) is 5.31. The summed E-state index contributed by atoms with van der Waals surface area (Å²) in [6, 6.07) is 0.652. The number of ether oxygens (including phenoxy) is 1. The predicted octanol–water partition coefficient (Wildman–Crippen LogP) is 3.66.